The smallest absolute Gasteiger partial charge is 0.119 e. The zero-order valence-electron chi connectivity index (χ0n) is 10.8. The highest BCUT2D eigenvalue weighted by Gasteiger charge is 2.15. The van der Waals surface area contributed by atoms with E-state index in [2.05, 4.69) is 0 Å². The third-order valence-corrected chi connectivity index (χ3v) is 3.64. The zero-order chi connectivity index (χ0) is 12.8. The van der Waals surface area contributed by atoms with E-state index in [1.165, 1.54) is 25.7 Å². The van der Waals surface area contributed by atoms with Crippen LogP contribution in [0.2, 0.25) is 0 Å². The molecule has 1 aromatic rings. The molecule has 100 valence electrons. The first kappa shape index (κ1) is 13.4. The molecule has 0 unspecified atom stereocenters. The average Bonchev–Trinajstić information content (AvgIpc) is 2.90. The lowest BCUT2D eigenvalue weighted by atomic mass is 10.1. The maximum Gasteiger partial charge on any atom is 0.119 e. The van der Waals surface area contributed by atoms with Gasteiger partial charge in [0.25, 0.3) is 0 Å². The van der Waals surface area contributed by atoms with Crippen LogP contribution in [0.3, 0.4) is 0 Å². The van der Waals surface area contributed by atoms with Crippen molar-refractivity contribution in [1.82, 2.24) is 0 Å². The summed E-state index contributed by atoms with van der Waals surface area (Å²) < 4.78 is 5.82. The number of aliphatic hydroxyl groups is 1. The molecule has 3 heteroatoms. The van der Waals surface area contributed by atoms with Crippen molar-refractivity contribution in [2.75, 3.05) is 13.2 Å². The van der Waals surface area contributed by atoms with Crippen LogP contribution in [0.1, 0.15) is 43.8 Å². The summed E-state index contributed by atoms with van der Waals surface area (Å²) in [6.45, 7) is 1.30. The summed E-state index contributed by atoms with van der Waals surface area (Å²) in [5.74, 6) is 1.57. The van der Waals surface area contributed by atoms with Crippen molar-refractivity contribution in [3.63, 3.8) is 0 Å². The molecule has 0 radical (unpaired) electrons. The van der Waals surface area contributed by atoms with Gasteiger partial charge in [-0.1, -0.05) is 25.0 Å². The number of hydrogen-bond donors (Lipinski definition) is 2. The molecule has 2 rings (SSSR count). The molecule has 1 aromatic carbocycles. The molecular weight excluding hydrogens is 226 g/mol. The standard InChI is InChI=1S/C15H23NO2/c16-9-8-15(17)13-6-3-7-14(10-13)18-11-12-4-1-2-5-12/h3,6-7,10,12,15,17H,1-2,4-5,8-9,11,16H2/t15-/m0/s1. The fraction of sp³-hybridized carbons (Fsp3) is 0.600. The van der Waals surface area contributed by atoms with Crippen molar-refractivity contribution in [3.8, 4) is 5.75 Å². The first-order valence-electron chi connectivity index (χ1n) is 6.90. The first-order chi connectivity index (χ1) is 8.79. The van der Waals surface area contributed by atoms with Gasteiger partial charge in [-0.05, 0) is 49.4 Å². The molecule has 0 bridgehead atoms. The van der Waals surface area contributed by atoms with E-state index < -0.39 is 6.10 Å². The van der Waals surface area contributed by atoms with E-state index in [1.54, 1.807) is 0 Å². The minimum Gasteiger partial charge on any atom is -0.493 e. The van der Waals surface area contributed by atoms with Crippen molar-refractivity contribution in [2.45, 2.75) is 38.2 Å². The summed E-state index contributed by atoms with van der Waals surface area (Å²) in [6, 6.07) is 7.73. The summed E-state index contributed by atoms with van der Waals surface area (Å²) in [6.07, 6.45) is 5.36. The monoisotopic (exact) mass is 249 g/mol. The summed E-state index contributed by atoms with van der Waals surface area (Å²) in [4.78, 5) is 0. The van der Waals surface area contributed by atoms with Gasteiger partial charge >= 0.3 is 0 Å². The van der Waals surface area contributed by atoms with Crippen LogP contribution >= 0.6 is 0 Å². The molecular formula is C15H23NO2. The Morgan fingerprint density at radius 3 is 2.83 bits per heavy atom. The highest BCUT2D eigenvalue weighted by molar-refractivity contribution is 5.29. The second-order valence-corrected chi connectivity index (χ2v) is 5.13. The van der Waals surface area contributed by atoms with Gasteiger partial charge in [-0.3, -0.25) is 0 Å². The van der Waals surface area contributed by atoms with Gasteiger partial charge in [-0.15, -0.1) is 0 Å². The van der Waals surface area contributed by atoms with Gasteiger partial charge in [0.05, 0.1) is 12.7 Å². The van der Waals surface area contributed by atoms with Crippen LogP contribution in [0.15, 0.2) is 24.3 Å². The van der Waals surface area contributed by atoms with E-state index in [9.17, 15) is 5.11 Å². The number of nitrogens with two attached hydrogens (primary N) is 1. The van der Waals surface area contributed by atoms with E-state index >= 15 is 0 Å². The number of benzene rings is 1. The van der Waals surface area contributed by atoms with Crippen LogP contribution < -0.4 is 10.5 Å². The highest BCUT2D eigenvalue weighted by atomic mass is 16.5. The molecule has 1 atom stereocenters. The average molecular weight is 249 g/mol. The Labute approximate surface area is 109 Å². The van der Waals surface area contributed by atoms with Crippen molar-refractivity contribution in [3.05, 3.63) is 29.8 Å². The Morgan fingerprint density at radius 2 is 2.11 bits per heavy atom. The largest absolute Gasteiger partial charge is 0.493 e. The lowest BCUT2D eigenvalue weighted by Crippen LogP contribution is -2.09. The molecule has 0 aliphatic heterocycles. The Hall–Kier alpha value is -1.06. The fourth-order valence-electron chi connectivity index (χ4n) is 2.53. The Bertz CT molecular complexity index is 361. The SMILES string of the molecule is NCC[C@H](O)c1cccc(OCC2CCCC2)c1. The molecule has 0 heterocycles. The number of aliphatic hydroxyl groups excluding tert-OH is 1. The highest BCUT2D eigenvalue weighted by Crippen LogP contribution is 2.26. The minimum atomic E-state index is -0.481. The summed E-state index contributed by atoms with van der Waals surface area (Å²) in [5.41, 5.74) is 6.35. The summed E-state index contributed by atoms with van der Waals surface area (Å²) in [7, 11) is 0. The second-order valence-electron chi connectivity index (χ2n) is 5.13. The van der Waals surface area contributed by atoms with E-state index in [1.807, 2.05) is 24.3 Å². The van der Waals surface area contributed by atoms with Crippen molar-refractivity contribution in [1.29, 1.82) is 0 Å². The molecule has 0 spiro atoms. The van der Waals surface area contributed by atoms with Crippen LogP contribution in [0, 0.1) is 5.92 Å². The molecule has 0 saturated heterocycles. The lowest BCUT2D eigenvalue weighted by molar-refractivity contribution is 0.169. The Kier molecular flexibility index (Phi) is 5.02. The normalized spacial score (nSPS) is 17.9. The number of ether oxygens (including phenoxy) is 1. The first-order valence-corrected chi connectivity index (χ1v) is 6.90. The predicted octanol–water partition coefficient (Wildman–Crippen LogP) is 2.64. The van der Waals surface area contributed by atoms with Gasteiger partial charge in [0, 0.05) is 0 Å². The van der Waals surface area contributed by atoms with Crippen molar-refractivity contribution in [2.24, 2.45) is 11.7 Å². The van der Waals surface area contributed by atoms with Gasteiger partial charge in [0.15, 0.2) is 0 Å². The van der Waals surface area contributed by atoms with Gasteiger partial charge in [-0.2, -0.15) is 0 Å². The van der Waals surface area contributed by atoms with Gasteiger partial charge < -0.3 is 15.6 Å². The van der Waals surface area contributed by atoms with Crippen LogP contribution in [0.4, 0.5) is 0 Å². The molecule has 0 aromatic heterocycles. The topological polar surface area (TPSA) is 55.5 Å². The zero-order valence-corrected chi connectivity index (χ0v) is 10.8. The third-order valence-electron chi connectivity index (χ3n) is 3.64. The molecule has 18 heavy (non-hydrogen) atoms. The Balaban J connectivity index is 1.89. The quantitative estimate of drug-likeness (QED) is 0.815. The number of rotatable bonds is 6. The molecule has 0 amide bonds. The van der Waals surface area contributed by atoms with Crippen molar-refractivity contribution < 1.29 is 9.84 Å². The van der Waals surface area contributed by atoms with Crippen LogP contribution in [0.5, 0.6) is 5.75 Å². The molecule has 1 saturated carbocycles. The summed E-state index contributed by atoms with van der Waals surface area (Å²) in [5, 5.41) is 9.89. The summed E-state index contributed by atoms with van der Waals surface area (Å²) >= 11 is 0. The molecule has 3 nitrogen and oxygen atoms in total. The van der Waals surface area contributed by atoms with Gasteiger partial charge in [-0.25, -0.2) is 0 Å². The number of hydrogen-bond acceptors (Lipinski definition) is 3. The molecule has 1 fully saturated rings. The van der Waals surface area contributed by atoms with E-state index in [-0.39, 0.29) is 0 Å². The minimum absolute atomic E-state index is 0.481. The molecule has 3 N–H and O–H groups in total. The third kappa shape index (κ3) is 3.72. The maximum absolute atomic E-state index is 9.89. The Morgan fingerprint density at radius 1 is 1.33 bits per heavy atom. The molecule has 1 aliphatic rings. The van der Waals surface area contributed by atoms with Crippen LogP contribution in [0.25, 0.3) is 0 Å². The van der Waals surface area contributed by atoms with Gasteiger partial charge in [0.1, 0.15) is 5.75 Å². The van der Waals surface area contributed by atoms with E-state index in [4.69, 9.17) is 10.5 Å². The molecule has 1 aliphatic carbocycles. The van der Waals surface area contributed by atoms with Crippen LogP contribution in [-0.4, -0.2) is 18.3 Å². The van der Waals surface area contributed by atoms with Crippen LogP contribution in [-0.2, 0) is 0 Å². The maximum atomic E-state index is 9.89. The fourth-order valence-corrected chi connectivity index (χ4v) is 2.53. The van der Waals surface area contributed by atoms with Gasteiger partial charge in [0.2, 0.25) is 0 Å². The van der Waals surface area contributed by atoms with E-state index in [0.29, 0.717) is 18.9 Å². The van der Waals surface area contributed by atoms with Crippen molar-refractivity contribution >= 4 is 0 Å². The van der Waals surface area contributed by atoms with E-state index in [0.717, 1.165) is 17.9 Å². The predicted molar refractivity (Wildman–Crippen MR) is 72.5 cm³/mol. The lowest BCUT2D eigenvalue weighted by Gasteiger charge is -2.14. The second kappa shape index (κ2) is 6.76.